The zero-order valence-corrected chi connectivity index (χ0v) is 14.1. The van der Waals surface area contributed by atoms with Gasteiger partial charge < -0.3 is 10.6 Å². The number of amides is 2. The summed E-state index contributed by atoms with van der Waals surface area (Å²) < 4.78 is 0. The third-order valence-electron chi connectivity index (χ3n) is 3.64. The number of nitrogens with zero attached hydrogens (tertiary/aromatic N) is 1. The smallest absolute Gasteiger partial charge is 0.257 e. The standard InChI is InChI=1S/C19H23N3O2/c1-3-4-5-10-21-18(23)15-11-16(13-20-12-15)19(24)22-17-8-6-14(2)7-9-17/h6-9,11-13H,3-5,10H2,1-2H3,(H,21,23)(H,22,24). The van der Waals surface area contributed by atoms with Gasteiger partial charge in [-0.1, -0.05) is 37.5 Å². The summed E-state index contributed by atoms with van der Waals surface area (Å²) in [5, 5.41) is 5.65. The van der Waals surface area contributed by atoms with Crippen LogP contribution in [0.2, 0.25) is 0 Å². The van der Waals surface area contributed by atoms with Crippen molar-refractivity contribution in [1.82, 2.24) is 10.3 Å². The highest BCUT2D eigenvalue weighted by atomic mass is 16.2. The molecule has 0 spiro atoms. The number of carbonyl (C=O) groups is 2. The van der Waals surface area contributed by atoms with E-state index in [2.05, 4.69) is 22.5 Å². The van der Waals surface area contributed by atoms with Gasteiger partial charge in [-0.05, 0) is 31.5 Å². The Hall–Kier alpha value is -2.69. The van der Waals surface area contributed by atoms with Crippen LogP contribution in [0.15, 0.2) is 42.7 Å². The molecular weight excluding hydrogens is 302 g/mol. The normalized spacial score (nSPS) is 10.2. The van der Waals surface area contributed by atoms with E-state index < -0.39 is 0 Å². The van der Waals surface area contributed by atoms with Gasteiger partial charge >= 0.3 is 0 Å². The van der Waals surface area contributed by atoms with E-state index in [4.69, 9.17) is 0 Å². The summed E-state index contributed by atoms with van der Waals surface area (Å²) in [5.74, 6) is -0.490. The number of benzene rings is 1. The number of rotatable bonds is 7. The highest BCUT2D eigenvalue weighted by Gasteiger charge is 2.11. The zero-order valence-electron chi connectivity index (χ0n) is 14.1. The van der Waals surface area contributed by atoms with Crippen LogP contribution in [0.1, 0.15) is 52.5 Å². The van der Waals surface area contributed by atoms with Crippen molar-refractivity contribution < 1.29 is 9.59 Å². The van der Waals surface area contributed by atoms with Crippen LogP contribution in [-0.4, -0.2) is 23.3 Å². The number of aromatic nitrogens is 1. The first-order valence-electron chi connectivity index (χ1n) is 8.21. The summed E-state index contributed by atoms with van der Waals surface area (Å²) in [7, 11) is 0. The second-order valence-corrected chi connectivity index (χ2v) is 5.75. The first-order valence-corrected chi connectivity index (χ1v) is 8.21. The number of hydrogen-bond donors (Lipinski definition) is 2. The number of nitrogens with one attached hydrogen (secondary N) is 2. The third-order valence-corrected chi connectivity index (χ3v) is 3.64. The summed E-state index contributed by atoms with van der Waals surface area (Å²) in [6.07, 6.45) is 6.06. The molecule has 5 heteroatoms. The minimum absolute atomic E-state index is 0.205. The Balaban J connectivity index is 1.99. The second-order valence-electron chi connectivity index (χ2n) is 5.75. The Labute approximate surface area is 142 Å². The van der Waals surface area contributed by atoms with Crippen LogP contribution in [0.5, 0.6) is 0 Å². The molecule has 0 bridgehead atoms. The molecule has 2 aromatic rings. The van der Waals surface area contributed by atoms with Crippen molar-refractivity contribution in [3.05, 3.63) is 59.4 Å². The molecule has 5 nitrogen and oxygen atoms in total. The van der Waals surface area contributed by atoms with Crippen LogP contribution in [0.25, 0.3) is 0 Å². The Morgan fingerprint density at radius 2 is 1.67 bits per heavy atom. The van der Waals surface area contributed by atoms with Crippen molar-refractivity contribution in [3.8, 4) is 0 Å². The van der Waals surface area contributed by atoms with Crippen molar-refractivity contribution in [3.63, 3.8) is 0 Å². The van der Waals surface area contributed by atoms with Gasteiger partial charge in [0, 0.05) is 24.6 Å². The fourth-order valence-electron chi connectivity index (χ4n) is 2.21. The lowest BCUT2D eigenvalue weighted by Gasteiger charge is -2.08. The molecule has 0 aliphatic rings. The largest absolute Gasteiger partial charge is 0.352 e. The van der Waals surface area contributed by atoms with Gasteiger partial charge in [-0.3, -0.25) is 14.6 Å². The van der Waals surface area contributed by atoms with Crippen molar-refractivity contribution in [2.45, 2.75) is 33.1 Å². The lowest BCUT2D eigenvalue weighted by molar-refractivity contribution is 0.0952. The summed E-state index contributed by atoms with van der Waals surface area (Å²) in [6.45, 7) is 4.73. The van der Waals surface area contributed by atoms with Gasteiger partial charge in [-0.25, -0.2) is 0 Å². The molecule has 1 aromatic heterocycles. The maximum absolute atomic E-state index is 12.3. The molecule has 0 unspecified atom stereocenters. The maximum Gasteiger partial charge on any atom is 0.257 e. The molecule has 0 saturated heterocycles. The first kappa shape index (κ1) is 17.7. The molecule has 0 aliphatic heterocycles. The van der Waals surface area contributed by atoms with Gasteiger partial charge in [-0.15, -0.1) is 0 Å². The van der Waals surface area contributed by atoms with Gasteiger partial charge in [0.2, 0.25) is 0 Å². The number of carbonyl (C=O) groups excluding carboxylic acids is 2. The molecule has 0 fully saturated rings. The predicted octanol–water partition coefficient (Wildman–Crippen LogP) is 3.56. The average molecular weight is 325 g/mol. The Morgan fingerprint density at radius 1 is 1.00 bits per heavy atom. The first-order chi connectivity index (χ1) is 11.6. The summed E-state index contributed by atoms with van der Waals surface area (Å²) in [5.41, 5.74) is 2.58. The molecule has 126 valence electrons. The lowest BCUT2D eigenvalue weighted by atomic mass is 10.1. The molecule has 1 heterocycles. The number of hydrogen-bond acceptors (Lipinski definition) is 3. The van der Waals surface area contributed by atoms with Gasteiger partial charge in [0.15, 0.2) is 0 Å². The quantitative estimate of drug-likeness (QED) is 0.765. The molecule has 2 N–H and O–H groups in total. The molecule has 24 heavy (non-hydrogen) atoms. The zero-order chi connectivity index (χ0) is 17.4. The monoisotopic (exact) mass is 325 g/mol. The van der Waals surface area contributed by atoms with E-state index in [9.17, 15) is 9.59 Å². The van der Waals surface area contributed by atoms with Crippen molar-refractivity contribution >= 4 is 17.5 Å². The molecule has 0 aliphatic carbocycles. The summed E-state index contributed by atoms with van der Waals surface area (Å²) in [6, 6.07) is 9.09. The molecule has 2 rings (SSSR count). The SMILES string of the molecule is CCCCCNC(=O)c1cncc(C(=O)Nc2ccc(C)cc2)c1. The molecule has 1 aromatic carbocycles. The molecule has 0 radical (unpaired) electrons. The van der Waals surface area contributed by atoms with Gasteiger partial charge in [0.25, 0.3) is 11.8 Å². The fraction of sp³-hybridized carbons (Fsp3) is 0.316. The van der Waals surface area contributed by atoms with Crippen LogP contribution in [0, 0.1) is 6.92 Å². The summed E-state index contributed by atoms with van der Waals surface area (Å²) in [4.78, 5) is 28.4. The van der Waals surface area contributed by atoms with Crippen molar-refractivity contribution in [1.29, 1.82) is 0 Å². The van der Waals surface area contributed by atoms with E-state index >= 15 is 0 Å². The Kier molecular flexibility index (Phi) is 6.49. The van der Waals surface area contributed by atoms with E-state index in [0.29, 0.717) is 23.4 Å². The van der Waals surface area contributed by atoms with Crippen molar-refractivity contribution in [2.75, 3.05) is 11.9 Å². The maximum atomic E-state index is 12.3. The number of unbranched alkanes of at least 4 members (excludes halogenated alkanes) is 2. The van der Waals surface area contributed by atoms with Crippen LogP contribution in [0.4, 0.5) is 5.69 Å². The van der Waals surface area contributed by atoms with Gasteiger partial charge in [0.1, 0.15) is 0 Å². The lowest BCUT2D eigenvalue weighted by Crippen LogP contribution is -2.25. The van der Waals surface area contributed by atoms with Crippen molar-refractivity contribution in [2.24, 2.45) is 0 Å². The Morgan fingerprint density at radius 3 is 2.33 bits per heavy atom. The van der Waals surface area contributed by atoms with E-state index in [-0.39, 0.29) is 11.8 Å². The highest BCUT2D eigenvalue weighted by molar-refractivity contribution is 6.05. The number of aryl methyl sites for hydroxylation is 1. The Bertz CT molecular complexity index is 696. The van der Waals surface area contributed by atoms with Crippen LogP contribution in [-0.2, 0) is 0 Å². The van der Waals surface area contributed by atoms with E-state index in [0.717, 1.165) is 24.8 Å². The van der Waals surface area contributed by atoms with Crippen LogP contribution in [0.3, 0.4) is 0 Å². The minimum atomic E-state index is -0.285. The number of pyridine rings is 1. The topological polar surface area (TPSA) is 71.1 Å². The minimum Gasteiger partial charge on any atom is -0.352 e. The van der Waals surface area contributed by atoms with Gasteiger partial charge in [-0.2, -0.15) is 0 Å². The fourth-order valence-corrected chi connectivity index (χ4v) is 2.21. The van der Waals surface area contributed by atoms with E-state index in [1.165, 1.54) is 12.4 Å². The van der Waals surface area contributed by atoms with Crippen LogP contribution < -0.4 is 10.6 Å². The molecule has 0 atom stereocenters. The highest BCUT2D eigenvalue weighted by Crippen LogP contribution is 2.11. The molecular formula is C19H23N3O2. The average Bonchev–Trinajstić information content (AvgIpc) is 2.60. The summed E-state index contributed by atoms with van der Waals surface area (Å²) >= 11 is 0. The number of anilines is 1. The van der Waals surface area contributed by atoms with E-state index in [1.54, 1.807) is 6.07 Å². The third kappa shape index (κ3) is 5.19. The molecule has 2 amide bonds. The second kappa shape index (κ2) is 8.82. The van der Waals surface area contributed by atoms with Crippen LogP contribution >= 0.6 is 0 Å². The van der Waals surface area contributed by atoms with E-state index in [1.807, 2.05) is 31.2 Å². The molecule has 0 saturated carbocycles. The van der Waals surface area contributed by atoms with Gasteiger partial charge in [0.05, 0.1) is 11.1 Å². The predicted molar refractivity (Wildman–Crippen MR) is 95.2 cm³/mol.